The fraction of sp³-hybridized carbons (Fsp3) is 0.500. The van der Waals surface area contributed by atoms with E-state index in [9.17, 15) is 4.79 Å². The summed E-state index contributed by atoms with van der Waals surface area (Å²) in [7, 11) is 0. The Labute approximate surface area is 77.7 Å². The van der Waals surface area contributed by atoms with E-state index in [2.05, 4.69) is 0 Å². The highest BCUT2D eigenvalue weighted by Gasteiger charge is 2.22. The van der Waals surface area contributed by atoms with Crippen molar-refractivity contribution in [1.29, 1.82) is 0 Å². The molecule has 0 radical (unpaired) electrons. The number of ether oxygens (including phenoxy) is 1. The molecule has 0 spiro atoms. The number of hydrogen-bond donors (Lipinski definition) is 1. The lowest BCUT2D eigenvalue weighted by Crippen LogP contribution is -2.07. The Morgan fingerprint density at radius 1 is 1.69 bits per heavy atom. The minimum atomic E-state index is -0.289. The van der Waals surface area contributed by atoms with Crippen LogP contribution in [0.2, 0.25) is 0 Å². The first-order valence-electron chi connectivity index (χ1n) is 4.48. The summed E-state index contributed by atoms with van der Waals surface area (Å²) in [5.74, 6) is -0.289. The highest BCUT2D eigenvalue weighted by atomic mass is 16.5. The van der Waals surface area contributed by atoms with Gasteiger partial charge in [-0.05, 0) is 18.6 Å². The SMILES string of the molecule is CCC[C@@H]1C=C(/C=C/CO)C(=O)O1. The molecule has 1 aliphatic heterocycles. The summed E-state index contributed by atoms with van der Waals surface area (Å²) in [6.45, 7) is 1.99. The maximum Gasteiger partial charge on any atom is 0.338 e. The molecule has 1 heterocycles. The van der Waals surface area contributed by atoms with Gasteiger partial charge >= 0.3 is 5.97 Å². The fourth-order valence-electron chi connectivity index (χ4n) is 1.24. The van der Waals surface area contributed by atoms with Crippen LogP contribution in [0, 0.1) is 0 Å². The van der Waals surface area contributed by atoms with Gasteiger partial charge in [0.25, 0.3) is 0 Å². The monoisotopic (exact) mass is 182 g/mol. The number of esters is 1. The van der Waals surface area contributed by atoms with E-state index in [-0.39, 0.29) is 18.7 Å². The van der Waals surface area contributed by atoms with E-state index in [4.69, 9.17) is 9.84 Å². The van der Waals surface area contributed by atoms with Gasteiger partial charge in [0, 0.05) is 0 Å². The third-order valence-corrected chi connectivity index (χ3v) is 1.84. The van der Waals surface area contributed by atoms with E-state index in [1.807, 2.05) is 6.92 Å². The molecule has 1 aliphatic rings. The van der Waals surface area contributed by atoms with Gasteiger partial charge in [-0.2, -0.15) is 0 Å². The van der Waals surface area contributed by atoms with Crippen LogP contribution < -0.4 is 0 Å². The van der Waals surface area contributed by atoms with Crippen molar-refractivity contribution in [1.82, 2.24) is 0 Å². The molecule has 0 fully saturated rings. The van der Waals surface area contributed by atoms with Crippen LogP contribution in [-0.2, 0) is 9.53 Å². The van der Waals surface area contributed by atoms with Gasteiger partial charge in [-0.15, -0.1) is 0 Å². The molecular weight excluding hydrogens is 168 g/mol. The molecule has 0 aromatic heterocycles. The molecule has 1 N–H and O–H groups in total. The van der Waals surface area contributed by atoms with Gasteiger partial charge in [0.15, 0.2) is 0 Å². The van der Waals surface area contributed by atoms with Crippen LogP contribution in [-0.4, -0.2) is 23.8 Å². The van der Waals surface area contributed by atoms with Gasteiger partial charge in [-0.1, -0.05) is 19.4 Å². The second-order valence-electron chi connectivity index (χ2n) is 2.94. The smallest absolute Gasteiger partial charge is 0.338 e. The molecule has 3 heteroatoms. The standard InChI is InChI=1S/C10H14O3/c1-2-4-9-7-8(5-3-6-11)10(12)13-9/h3,5,7,9,11H,2,4,6H2,1H3/b5-3+/t9-/m1/s1. The lowest BCUT2D eigenvalue weighted by molar-refractivity contribution is -0.139. The Hall–Kier alpha value is -1.09. The Morgan fingerprint density at radius 3 is 3.08 bits per heavy atom. The van der Waals surface area contributed by atoms with Crippen LogP contribution >= 0.6 is 0 Å². The van der Waals surface area contributed by atoms with Crippen molar-refractivity contribution >= 4 is 5.97 Å². The highest BCUT2D eigenvalue weighted by Crippen LogP contribution is 2.18. The second-order valence-corrected chi connectivity index (χ2v) is 2.94. The van der Waals surface area contributed by atoms with Gasteiger partial charge in [-0.25, -0.2) is 4.79 Å². The summed E-state index contributed by atoms with van der Waals surface area (Å²) in [6.07, 6.45) is 6.71. The Balaban J connectivity index is 2.57. The molecule has 0 aliphatic carbocycles. The number of rotatable bonds is 4. The Morgan fingerprint density at radius 2 is 2.46 bits per heavy atom. The van der Waals surface area contributed by atoms with Crippen LogP contribution in [0.4, 0.5) is 0 Å². The maximum absolute atomic E-state index is 11.1. The first kappa shape index (κ1) is 9.99. The maximum atomic E-state index is 11.1. The summed E-state index contributed by atoms with van der Waals surface area (Å²) in [6, 6.07) is 0. The van der Waals surface area contributed by atoms with Gasteiger partial charge < -0.3 is 9.84 Å². The van der Waals surface area contributed by atoms with Crippen molar-refractivity contribution in [3.8, 4) is 0 Å². The van der Waals surface area contributed by atoms with Crippen LogP contribution in [0.15, 0.2) is 23.8 Å². The zero-order valence-corrected chi connectivity index (χ0v) is 7.69. The normalized spacial score (nSPS) is 22.2. The van der Waals surface area contributed by atoms with E-state index in [0.29, 0.717) is 5.57 Å². The molecule has 1 atom stereocenters. The van der Waals surface area contributed by atoms with Crippen LogP contribution in [0.3, 0.4) is 0 Å². The lowest BCUT2D eigenvalue weighted by atomic mass is 10.1. The average Bonchev–Trinajstić information content (AvgIpc) is 2.44. The molecule has 13 heavy (non-hydrogen) atoms. The van der Waals surface area contributed by atoms with Crippen molar-refractivity contribution < 1.29 is 14.6 Å². The fourth-order valence-corrected chi connectivity index (χ4v) is 1.24. The largest absolute Gasteiger partial charge is 0.455 e. The molecule has 0 unspecified atom stereocenters. The Bertz CT molecular complexity index is 241. The first-order valence-corrected chi connectivity index (χ1v) is 4.48. The van der Waals surface area contributed by atoms with E-state index in [1.54, 1.807) is 12.2 Å². The van der Waals surface area contributed by atoms with Gasteiger partial charge in [0.1, 0.15) is 6.10 Å². The van der Waals surface area contributed by atoms with Crippen molar-refractivity contribution in [3.05, 3.63) is 23.8 Å². The summed E-state index contributed by atoms with van der Waals surface area (Å²) >= 11 is 0. The number of hydrogen-bond acceptors (Lipinski definition) is 3. The summed E-state index contributed by atoms with van der Waals surface area (Å²) in [4.78, 5) is 11.1. The van der Waals surface area contributed by atoms with E-state index < -0.39 is 0 Å². The molecule has 1 rings (SSSR count). The quantitative estimate of drug-likeness (QED) is 0.664. The minimum absolute atomic E-state index is 0.0525. The summed E-state index contributed by atoms with van der Waals surface area (Å²) in [5, 5.41) is 8.52. The highest BCUT2D eigenvalue weighted by molar-refractivity contribution is 5.93. The predicted octanol–water partition coefficient (Wildman–Crippen LogP) is 1.19. The Kier molecular flexibility index (Phi) is 3.71. The topological polar surface area (TPSA) is 46.5 Å². The molecule has 0 aromatic rings. The van der Waals surface area contributed by atoms with Crippen LogP contribution in [0.5, 0.6) is 0 Å². The van der Waals surface area contributed by atoms with Gasteiger partial charge in [0.2, 0.25) is 0 Å². The molecule has 0 aromatic carbocycles. The number of carbonyl (C=O) groups is 1. The molecule has 0 bridgehead atoms. The summed E-state index contributed by atoms with van der Waals surface area (Å²) in [5.41, 5.74) is 0.549. The van der Waals surface area contributed by atoms with E-state index in [1.165, 1.54) is 6.08 Å². The number of aliphatic hydroxyl groups excluding tert-OH is 1. The molecular formula is C10H14O3. The third-order valence-electron chi connectivity index (χ3n) is 1.84. The molecule has 0 amide bonds. The zero-order chi connectivity index (χ0) is 9.68. The number of aliphatic hydroxyl groups is 1. The molecule has 3 nitrogen and oxygen atoms in total. The van der Waals surface area contributed by atoms with Crippen molar-refractivity contribution in [2.45, 2.75) is 25.9 Å². The molecule has 0 saturated carbocycles. The second kappa shape index (κ2) is 4.82. The first-order chi connectivity index (χ1) is 6.27. The molecule has 0 saturated heterocycles. The predicted molar refractivity (Wildman–Crippen MR) is 49.1 cm³/mol. The number of carbonyl (C=O) groups excluding carboxylic acids is 1. The third kappa shape index (κ3) is 2.70. The van der Waals surface area contributed by atoms with Crippen LogP contribution in [0.25, 0.3) is 0 Å². The van der Waals surface area contributed by atoms with Crippen molar-refractivity contribution in [2.24, 2.45) is 0 Å². The van der Waals surface area contributed by atoms with E-state index in [0.717, 1.165) is 12.8 Å². The summed E-state index contributed by atoms with van der Waals surface area (Å²) < 4.78 is 5.05. The zero-order valence-electron chi connectivity index (χ0n) is 7.69. The average molecular weight is 182 g/mol. The number of cyclic esters (lactones) is 1. The van der Waals surface area contributed by atoms with Crippen LogP contribution in [0.1, 0.15) is 19.8 Å². The lowest BCUT2D eigenvalue weighted by Gasteiger charge is -2.04. The van der Waals surface area contributed by atoms with Gasteiger partial charge in [-0.3, -0.25) is 0 Å². The van der Waals surface area contributed by atoms with E-state index >= 15 is 0 Å². The van der Waals surface area contributed by atoms with Crippen molar-refractivity contribution in [2.75, 3.05) is 6.61 Å². The van der Waals surface area contributed by atoms with Gasteiger partial charge in [0.05, 0.1) is 12.2 Å². The minimum Gasteiger partial charge on any atom is -0.455 e. The van der Waals surface area contributed by atoms with Crippen molar-refractivity contribution in [3.63, 3.8) is 0 Å². The molecule has 72 valence electrons.